The summed E-state index contributed by atoms with van der Waals surface area (Å²) in [5, 5.41) is 1.54. The fourth-order valence-electron chi connectivity index (χ4n) is 1.81. The highest BCUT2D eigenvalue weighted by molar-refractivity contribution is 5.95. The lowest BCUT2D eigenvalue weighted by Gasteiger charge is -2.18. The van der Waals surface area contributed by atoms with Crippen molar-refractivity contribution in [1.82, 2.24) is 0 Å². The van der Waals surface area contributed by atoms with Gasteiger partial charge in [0.2, 0.25) is 5.82 Å². The smallest absolute Gasteiger partial charge is 0.335 e. The lowest BCUT2D eigenvalue weighted by atomic mass is 10.1. The number of nitrogens with one attached hydrogen (secondary N) is 1. The van der Waals surface area contributed by atoms with Crippen LogP contribution < -0.4 is 5.32 Å². The van der Waals surface area contributed by atoms with Crippen LogP contribution in [0.2, 0.25) is 0 Å². The second-order valence-corrected chi connectivity index (χ2v) is 6.21. The maximum atomic E-state index is 13.6. The number of hydrogen-bond acceptors (Lipinski definition) is 4. The largest absolute Gasteiger partial charge is 0.451 e. The summed E-state index contributed by atoms with van der Waals surface area (Å²) in [5.74, 6) is -13.0. The van der Waals surface area contributed by atoms with E-state index < -0.39 is 58.9 Å². The topological polar surface area (TPSA) is 64.6 Å². The number of anilines is 1. The van der Waals surface area contributed by atoms with Gasteiger partial charge in [-0.3, -0.25) is 4.79 Å². The molecule has 1 aromatic carbocycles. The third kappa shape index (κ3) is 5.88. The number of amides is 1. The summed E-state index contributed by atoms with van der Waals surface area (Å²) in [6.07, 6.45) is -1.88. The number of benzene rings is 1. The van der Waals surface area contributed by atoms with Crippen molar-refractivity contribution < 1.29 is 41.0 Å². The van der Waals surface area contributed by atoms with Crippen LogP contribution in [-0.2, 0) is 19.1 Å². The molecule has 152 valence electrons. The summed E-state index contributed by atoms with van der Waals surface area (Å²) in [4.78, 5) is 23.7. The Balaban J connectivity index is 2.74. The summed E-state index contributed by atoms with van der Waals surface area (Å²) in [6, 6.07) is 0. The molecular weight excluding hydrogens is 377 g/mol. The summed E-state index contributed by atoms with van der Waals surface area (Å²) in [6.45, 7) is 6.65. The molecule has 0 aliphatic carbocycles. The molecule has 1 aromatic rings. The van der Waals surface area contributed by atoms with Gasteiger partial charge in [-0.25, -0.2) is 26.7 Å². The molecule has 0 saturated heterocycles. The van der Waals surface area contributed by atoms with Crippen molar-refractivity contribution in [3.63, 3.8) is 0 Å². The molecule has 0 aliphatic heterocycles. The predicted molar refractivity (Wildman–Crippen MR) is 85.3 cm³/mol. The lowest BCUT2D eigenvalue weighted by molar-refractivity contribution is -0.163. The summed E-state index contributed by atoms with van der Waals surface area (Å²) in [7, 11) is 0. The first-order chi connectivity index (χ1) is 12.5. The van der Waals surface area contributed by atoms with Crippen LogP contribution in [0.1, 0.15) is 34.1 Å². The standard InChI is InChI=1S/C17H20F5NO4/c1-7(2)5-6-26-9(4)17(25)27-8(3)16(24)23-15-13(21)11(19)10(18)12(20)14(15)22/h7-9H,5-6H2,1-4H3,(H,23,24). The quantitative estimate of drug-likeness (QED) is 0.314. The Hall–Kier alpha value is -2.23. The van der Waals surface area contributed by atoms with Crippen LogP contribution >= 0.6 is 0 Å². The van der Waals surface area contributed by atoms with Crippen molar-refractivity contribution in [3.05, 3.63) is 29.1 Å². The van der Waals surface area contributed by atoms with Gasteiger partial charge in [0, 0.05) is 6.61 Å². The molecule has 0 saturated carbocycles. The van der Waals surface area contributed by atoms with Gasteiger partial charge in [0.1, 0.15) is 5.69 Å². The van der Waals surface area contributed by atoms with E-state index in [4.69, 9.17) is 9.47 Å². The second kappa shape index (κ2) is 9.63. The first-order valence-corrected chi connectivity index (χ1v) is 8.11. The molecule has 0 aromatic heterocycles. The van der Waals surface area contributed by atoms with Gasteiger partial charge in [-0.1, -0.05) is 13.8 Å². The minimum absolute atomic E-state index is 0.277. The summed E-state index contributed by atoms with van der Waals surface area (Å²) >= 11 is 0. The molecular formula is C17H20F5NO4. The molecule has 10 heteroatoms. The van der Waals surface area contributed by atoms with E-state index in [2.05, 4.69) is 0 Å². The van der Waals surface area contributed by atoms with Crippen molar-refractivity contribution in [2.45, 2.75) is 46.3 Å². The SMILES string of the molecule is CC(C)CCOC(C)C(=O)OC(C)C(=O)Nc1c(F)c(F)c(F)c(F)c1F. The average Bonchev–Trinajstić information content (AvgIpc) is 2.61. The van der Waals surface area contributed by atoms with Gasteiger partial charge < -0.3 is 14.8 Å². The highest BCUT2D eigenvalue weighted by Crippen LogP contribution is 2.27. The van der Waals surface area contributed by atoms with Gasteiger partial charge >= 0.3 is 5.97 Å². The molecule has 2 unspecified atom stereocenters. The molecule has 1 amide bonds. The van der Waals surface area contributed by atoms with Gasteiger partial charge in [0.05, 0.1) is 0 Å². The van der Waals surface area contributed by atoms with E-state index in [0.29, 0.717) is 12.3 Å². The fourth-order valence-corrected chi connectivity index (χ4v) is 1.81. The molecule has 0 fully saturated rings. The third-order valence-corrected chi connectivity index (χ3v) is 3.52. The molecule has 2 atom stereocenters. The number of carbonyl (C=O) groups excluding carboxylic acids is 2. The van der Waals surface area contributed by atoms with Gasteiger partial charge in [-0.05, 0) is 26.2 Å². The highest BCUT2D eigenvalue weighted by atomic mass is 19.2. The first kappa shape index (κ1) is 22.8. The maximum Gasteiger partial charge on any atom is 0.335 e. The van der Waals surface area contributed by atoms with E-state index in [0.717, 1.165) is 6.92 Å². The summed E-state index contributed by atoms with van der Waals surface area (Å²) in [5.41, 5.74) is -1.53. The number of halogens is 5. The Kier molecular flexibility index (Phi) is 8.14. The Bertz CT molecular complexity index is 682. The van der Waals surface area contributed by atoms with Crippen LogP contribution in [0.3, 0.4) is 0 Å². The monoisotopic (exact) mass is 397 g/mol. The van der Waals surface area contributed by atoms with E-state index in [9.17, 15) is 31.5 Å². The number of ether oxygens (including phenoxy) is 2. The minimum Gasteiger partial charge on any atom is -0.451 e. The predicted octanol–water partition coefficient (Wildman–Crippen LogP) is 3.70. The van der Waals surface area contributed by atoms with Crippen LogP contribution in [0.5, 0.6) is 0 Å². The Morgan fingerprint density at radius 2 is 1.33 bits per heavy atom. The van der Waals surface area contributed by atoms with Gasteiger partial charge in [-0.15, -0.1) is 0 Å². The maximum absolute atomic E-state index is 13.6. The van der Waals surface area contributed by atoms with Crippen LogP contribution in [0.15, 0.2) is 0 Å². The number of esters is 1. The summed E-state index contributed by atoms with van der Waals surface area (Å²) < 4.78 is 76.4. The molecule has 1 N–H and O–H groups in total. The number of carbonyl (C=O) groups is 2. The Labute approximate surface area is 152 Å². The van der Waals surface area contributed by atoms with Crippen molar-refractivity contribution in [2.24, 2.45) is 5.92 Å². The molecule has 1 rings (SSSR count). The normalized spacial score (nSPS) is 13.4. The molecule has 0 radical (unpaired) electrons. The van der Waals surface area contributed by atoms with Crippen LogP contribution in [0, 0.1) is 35.0 Å². The molecule has 5 nitrogen and oxygen atoms in total. The first-order valence-electron chi connectivity index (χ1n) is 8.11. The van der Waals surface area contributed by atoms with E-state index in [-0.39, 0.29) is 6.61 Å². The van der Waals surface area contributed by atoms with Crippen molar-refractivity contribution in [3.8, 4) is 0 Å². The molecule has 27 heavy (non-hydrogen) atoms. The van der Waals surface area contributed by atoms with Crippen molar-refractivity contribution in [2.75, 3.05) is 11.9 Å². The van der Waals surface area contributed by atoms with Crippen LogP contribution in [0.4, 0.5) is 27.6 Å². The van der Waals surface area contributed by atoms with Gasteiger partial charge in [-0.2, -0.15) is 0 Å². The minimum atomic E-state index is -2.35. The molecule has 0 spiro atoms. The van der Waals surface area contributed by atoms with Gasteiger partial charge in [0.25, 0.3) is 5.91 Å². The zero-order valence-electron chi connectivity index (χ0n) is 15.2. The van der Waals surface area contributed by atoms with Gasteiger partial charge in [0.15, 0.2) is 35.5 Å². The Morgan fingerprint density at radius 3 is 1.81 bits per heavy atom. The van der Waals surface area contributed by atoms with Crippen LogP contribution in [0.25, 0.3) is 0 Å². The molecule has 0 bridgehead atoms. The Morgan fingerprint density at radius 1 is 0.852 bits per heavy atom. The van der Waals surface area contributed by atoms with Crippen molar-refractivity contribution in [1.29, 1.82) is 0 Å². The highest BCUT2D eigenvalue weighted by Gasteiger charge is 2.29. The zero-order valence-corrected chi connectivity index (χ0v) is 15.2. The average molecular weight is 397 g/mol. The molecule has 0 aliphatic rings. The fraction of sp³-hybridized carbons (Fsp3) is 0.529. The number of rotatable bonds is 8. The van der Waals surface area contributed by atoms with E-state index >= 15 is 0 Å². The van der Waals surface area contributed by atoms with Crippen molar-refractivity contribution >= 4 is 17.6 Å². The van der Waals surface area contributed by atoms with E-state index in [1.807, 2.05) is 13.8 Å². The lowest BCUT2D eigenvalue weighted by Crippen LogP contribution is -2.35. The second-order valence-electron chi connectivity index (χ2n) is 6.21. The zero-order chi connectivity index (χ0) is 20.9. The molecule has 0 heterocycles. The van der Waals surface area contributed by atoms with Crippen LogP contribution in [-0.4, -0.2) is 30.7 Å². The van der Waals surface area contributed by atoms with E-state index in [1.54, 1.807) is 0 Å². The third-order valence-electron chi connectivity index (χ3n) is 3.52. The number of hydrogen-bond donors (Lipinski definition) is 1. The van der Waals surface area contributed by atoms with E-state index in [1.165, 1.54) is 12.2 Å².